The molecule has 0 aliphatic heterocycles. The Balaban J connectivity index is 4.33. The zero-order chi connectivity index (χ0) is 11.4. The topological polar surface area (TPSA) is 72.6 Å². The lowest BCUT2D eigenvalue weighted by Gasteiger charge is -2.27. The normalized spacial score (nSPS) is 14.4. The van der Waals surface area contributed by atoms with E-state index in [-0.39, 0.29) is 12.5 Å². The van der Waals surface area contributed by atoms with E-state index < -0.39 is 11.5 Å². The minimum absolute atomic E-state index is 0.0673. The fourth-order valence-corrected chi connectivity index (χ4v) is 0.917. The molecule has 0 aliphatic carbocycles. The number of likely N-dealkylation sites (N-methyl/N-ethyl adjacent to an activating group) is 1. The van der Waals surface area contributed by atoms with E-state index >= 15 is 0 Å². The first kappa shape index (κ1) is 12.9. The van der Waals surface area contributed by atoms with Crippen LogP contribution in [0.2, 0.25) is 0 Å². The van der Waals surface area contributed by atoms with Gasteiger partial charge >= 0.3 is 5.97 Å². The van der Waals surface area contributed by atoms with Crippen LogP contribution in [0.3, 0.4) is 0 Å². The van der Waals surface area contributed by atoms with Crippen LogP contribution in [0.1, 0.15) is 20.3 Å². The molecule has 0 rings (SSSR count). The molecule has 0 aromatic heterocycles. The summed E-state index contributed by atoms with van der Waals surface area (Å²) < 4.78 is 4.44. The second-order valence-electron chi connectivity index (χ2n) is 3.51. The van der Waals surface area contributed by atoms with Gasteiger partial charge in [-0.1, -0.05) is 6.92 Å². The molecule has 5 nitrogen and oxygen atoms in total. The lowest BCUT2D eigenvalue weighted by molar-refractivity contribution is -0.147. The number of rotatable bonds is 4. The van der Waals surface area contributed by atoms with Crippen LogP contribution in [0.15, 0.2) is 0 Å². The van der Waals surface area contributed by atoms with E-state index in [1.54, 1.807) is 6.92 Å². The van der Waals surface area contributed by atoms with Gasteiger partial charge in [0.05, 0.1) is 12.6 Å². The predicted molar refractivity (Wildman–Crippen MR) is 52.5 cm³/mol. The van der Waals surface area contributed by atoms with E-state index in [1.165, 1.54) is 19.1 Å². The molecule has 0 heterocycles. The number of carbonyl (C=O) groups excluding carboxylic acids is 2. The predicted octanol–water partition coefficient (Wildman–Crippen LogP) is -0.255. The van der Waals surface area contributed by atoms with Gasteiger partial charge in [0.25, 0.3) is 0 Å². The number of carbonyl (C=O) groups is 2. The van der Waals surface area contributed by atoms with Crippen LogP contribution in [0, 0.1) is 0 Å². The highest BCUT2D eigenvalue weighted by Gasteiger charge is 2.29. The first-order chi connectivity index (χ1) is 6.35. The minimum Gasteiger partial charge on any atom is -0.468 e. The van der Waals surface area contributed by atoms with E-state index in [2.05, 4.69) is 4.74 Å². The van der Waals surface area contributed by atoms with E-state index in [4.69, 9.17) is 5.73 Å². The number of methoxy groups -OCH3 is 1. The maximum atomic E-state index is 11.6. The molecule has 1 amide bonds. The number of hydrogen-bond acceptors (Lipinski definition) is 4. The molecular formula is C9H18N2O3. The SMILES string of the molecule is CCC(C)(N)C(=O)N(C)CC(=O)OC. The number of esters is 1. The highest BCUT2D eigenvalue weighted by Crippen LogP contribution is 2.08. The maximum absolute atomic E-state index is 11.6. The van der Waals surface area contributed by atoms with Gasteiger partial charge in [-0.25, -0.2) is 0 Å². The molecule has 1 atom stereocenters. The van der Waals surface area contributed by atoms with Crippen LogP contribution in [-0.2, 0) is 14.3 Å². The standard InChI is InChI=1S/C9H18N2O3/c1-5-9(2,10)8(13)11(3)6-7(12)14-4/h5-6,10H2,1-4H3. The second kappa shape index (κ2) is 4.95. The lowest BCUT2D eigenvalue weighted by atomic mass is 9.99. The summed E-state index contributed by atoms with van der Waals surface area (Å²) in [7, 11) is 2.81. The summed E-state index contributed by atoms with van der Waals surface area (Å²) in [5.41, 5.74) is 4.82. The smallest absolute Gasteiger partial charge is 0.325 e. The fraction of sp³-hybridized carbons (Fsp3) is 0.778. The van der Waals surface area contributed by atoms with Crippen molar-refractivity contribution in [2.24, 2.45) is 5.73 Å². The molecule has 14 heavy (non-hydrogen) atoms. The number of nitrogens with two attached hydrogens (primary N) is 1. The Bertz CT molecular complexity index is 226. The minimum atomic E-state index is -0.914. The van der Waals surface area contributed by atoms with Crippen LogP contribution < -0.4 is 5.73 Å². The Morgan fingerprint density at radius 3 is 2.36 bits per heavy atom. The molecule has 0 spiro atoms. The van der Waals surface area contributed by atoms with Crippen molar-refractivity contribution in [3.8, 4) is 0 Å². The van der Waals surface area contributed by atoms with Crippen LogP contribution in [-0.4, -0.2) is 43.0 Å². The Morgan fingerprint density at radius 2 is 2.00 bits per heavy atom. The zero-order valence-corrected chi connectivity index (χ0v) is 9.16. The van der Waals surface area contributed by atoms with Crippen molar-refractivity contribution < 1.29 is 14.3 Å². The quantitative estimate of drug-likeness (QED) is 0.638. The van der Waals surface area contributed by atoms with Gasteiger partial charge in [-0.15, -0.1) is 0 Å². The Labute approximate surface area is 84.2 Å². The summed E-state index contributed by atoms with van der Waals surface area (Å²) in [5.74, 6) is -0.710. The molecule has 0 aliphatic rings. The average molecular weight is 202 g/mol. The van der Waals surface area contributed by atoms with Crippen molar-refractivity contribution in [1.82, 2.24) is 4.90 Å². The number of nitrogens with zero attached hydrogens (tertiary/aromatic N) is 1. The molecule has 0 aromatic carbocycles. The van der Waals surface area contributed by atoms with Gasteiger partial charge in [0.15, 0.2) is 0 Å². The molecular weight excluding hydrogens is 184 g/mol. The van der Waals surface area contributed by atoms with Crippen molar-refractivity contribution in [2.75, 3.05) is 20.7 Å². The highest BCUT2D eigenvalue weighted by atomic mass is 16.5. The third-order valence-corrected chi connectivity index (χ3v) is 2.16. The summed E-state index contributed by atoms with van der Waals surface area (Å²) in [6.07, 6.45) is 0.525. The van der Waals surface area contributed by atoms with Gasteiger partial charge in [0, 0.05) is 7.05 Å². The Kier molecular flexibility index (Phi) is 4.56. The van der Waals surface area contributed by atoms with Crippen molar-refractivity contribution in [3.05, 3.63) is 0 Å². The molecule has 82 valence electrons. The third-order valence-electron chi connectivity index (χ3n) is 2.16. The van der Waals surface area contributed by atoms with Crippen molar-refractivity contribution in [1.29, 1.82) is 0 Å². The monoisotopic (exact) mass is 202 g/mol. The van der Waals surface area contributed by atoms with E-state index in [0.717, 1.165) is 0 Å². The molecule has 1 unspecified atom stereocenters. The summed E-state index contributed by atoms with van der Waals surface area (Å²) in [4.78, 5) is 23.8. The van der Waals surface area contributed by atoms with Gasteiger partial charge in [-0.3, -0.25) is 9.59 Å². The van der Waals surface area contributed by atoms with Crippen molar-refractivity contribution in [2.45, 2.75) is 25.8 Å². The summed E-state index contributed by atoms with van der Waals surface area (Å²) in [6.45, 7) is 3.40. The number of hydrogen-bond donors (Lipinski definition) is 1. The molecule has 0 fully saturated rings. The largest absolute Gasteiger partial charge is 0.468 e. The highest BCUT2D eigenvalue weighted by molar-refractivity contribution is 5.88. The fourth-order valence-electron chi connectivity index (χ4n) is 0.917. The van der Waals surface area contributed by atoms with Gasteiger partial charge in [-0.05, 0) is 13.3 Å². The van der Waals surface area contributed by atoms with Gasteiger partial charge < -0.3 is 15.4 Å². The van der Waals surface area contributed by atoms with Gasteiger partial charge in [0.1, 0.15) is 6.54 Å². The first-order valence-electron chi connectivity index (χ1n) is 4.46. The number of amides is 1. The molecule has 5 heteroatoms. The molecule has 0 bridgehead atoms. The lowest BCUT2D eigenvalue weighted by Crippen LogP contribution is -2.52. The van der Waals surface area contributed by atoms with E-state index in [0.29, 0.717) is 6.42 Å². The Hall–Kier alpha value is -1.10. The molecule has 0 saturated carbocycles. The first-order valence-corrected chi connectivity index (χ1v) is 4.46. The summed E-state index contributed by atoms with van der Waals surface area (Å²) in [5, 5.41) is 0. The van der Waals surface area contributed by atoms with Crippen LogP contribution in [0.25, 0.3) is 0 Å². The average Bonchev–Trinajstić information content (AvgIpc) is 2.16. The molecule has 2 N–H and O–H groups in total. The number of ether oxygens (including phenoxy) is 1. The zero-order valence-electron chi connectivity index (χ0n) is 9.16. The third kappa shape index (κ3) is 3.33. The summed E-state index contributed by atoms with van der Waals surface area (Å²) in [6, 6.07) is 0. The van der Waals surface area contributed by atoms with E-state index in [9.17, 15) is 9.59 Å². The van der Waals surface area contributed by atoms with Crippen LogP contribution in [0.5, 0.6) is 0 Å². The van der Waals surface area contributed by atoms with Crippen LogP contribution >= 0.6 is 0 Å². The van der Waals surface area contributed by atoms with Crippen LogP contribution in [0.4, 0.5) is 0 Å². The van der Waals surface area contributed by atoms with Crippen molar-refractivity contribution >= 4 is 11.9 Å². The second-order valence-corrected chi connectivity index (χ2v) is 3.51. The van der Waals surface area contributed by atoms with Gasteiger partial charge in [-0.2, -0.15) is 0 Å². The Morgan fingerprint density at radius 1 is 1.50 bits per heavy atom. The molecule has 0 saturated heterocycles. The maximum Gasteiger partial charge on any atom is 0.325 e. The van der Waals surface area contributed by atoms with Crippen molar-refractivity contribution in [3.63, 3.8) is 0 Å². The molecule has 0 aromatic rings. The van der Waals surface area contributed by atoms with E-state index in [1.807, 2.05) is 6.92 Å². The molecule has 0 radical (unpaired) electrons. The summed E-state index contributed by atoms with van der Waals surface area (Å²) >= 11 is 0. The van der Waals surface area contributed by atoms with Gasteiger partial charge in [0.2, 0.25) is 5.91 Å².